The molecule has 4 rings (SSSR count). The van der Waals surface area contributed by atoms with E-state index >= 15 is 0 Å². The average Bonchev–Trinajstić information content (AvgIpc) is 3.10. The number of piperidine rings is 1. The third-order valence-electron chi connectivity index (χ3n) is 6.62. The number of hydrogen-bond acceptors (Lipinski definition) is 5. The zero-order valence-electron chi connectivity index (χ0n) is 16.1. The van der Waals surface area contributed by atoms with Gasteiger partial charge in [0.15, 0.2) is 0 Å². The van der Waals surface area contributed by atoms with Crippen LogP contribution in [0, 0.1) is 5.92 Å². The summed E-state index contributed by atoms with van der Waals surface area (Å²) in [5.41, 5.74) is 1.46. The molecule has 5 heteroatoms. The molecule has 3 aliphatic rings. The highest BCUT2D eigenvalue weighted by Gasteiger charge is 2.43. The summed E-state index contributed by atoms with van der Waals surface area (Å²) in [6.07, 6.45) is 9.79. The van der Waals surface area contributed by atoms with E-state index in [0.717, 1.165) is 32.3 Å². The largest absolute Gasteiger partial charge is 0.381 e. The predicted molar refractivity (Wildman–Crippen MR) is 102 cm³/mol. The Kier molecular flexibility index (Phi) is 5.89. The SMILES string of the molecule is CN(Cc1ccncc1)C1COC2(CCN(CC3CCOCC3)CC2)C1. The molecule has 1 aromatic rings. The third-order valence-corrected chi connectivity index (χ3v) is 6.62. The first-order valence-corrected chi connectivity index (χ1v) is 10.3. The maximum Gasteiger partial charge on any atom is 0.0723 e. The number of nitrogens with zero attached hydrogens (tertiary/aromatic N) is 3. The van der Waals surface area contributed by atoms with Crippen molar-refractivity contribution in [3.05, 3.63) is 30.1 Å². The molecule has 3 fully saturated rings. The van der Waals surface area contributed by atoms with Crippen molar-refractivity contribution in [2.45, 2.75) is 50.3 Å². The molecule has 26 heavy (non-hydrogen) atoms. The number of likely N-dealkylation sites (tertiary alicyclic amines) is 1. The van der Waals surface area contributed by atoms with Crippen LogP contribution in [0.2, 0.25) is 0 Å². The van der Waals surface area contributed by atoms with Crippen LogP contribution in [0.1, 0.15) is 37.7 Å². The van der Waals surface area contributed by atoms with Gasteiger partial charge in [-0.2, -0.15) is 0 Å². The van der Waals surface area contributed by atoms with E-state index in [9.17, 15) is 0 Å². The fraction of sp³-hybridized carbons (Fsp3) is 0.762. The molecule has 0 aliphatic carbocycles. The second-order valence-electron chi connectivity index (χ2n) is 8.48. The van der Waals surface area contributed by atoms with Crippen molar-refractivity contribution in [3.63, 3.8) is 0 Å². The van der Waals surface area contributed by atoms with E-state index in [4.69, 9.17) is 9.47 Å². The van der Waals surface area contributed by atoms with Gasteiger partial charge in [0.05, 0.1) is 12.2 Å². The van der Waals surface area contributed by atoms with Gasteiger partial charge in [-0.1, -0.05) is 0 Å². The Morgan fingerprint density at radius 2 is 1.92 bits per heavy atom. The van der Waals surface area contributed by atoms with Crippen LogP contribution in [0.15, 0.2) is 24.5 Å². The summed E-state index contributed by atoms with van der Waals surface area (Å²) in [6, 6.07) is 4.75. The molecular weight excluding hydrogens is 326 g/mol. The zero-order valence-corrected chi connectivity index (χ0v) is 16.1. The van der Waals surface area contributed by atoms with E-state index in [-0.39, 0.29) is 5.60 Å². The summed E-state index contributed by atoms with van der Waals surface area (Å²) in [6.45, 7) is 7.40. The molecule has 5 nitrogen and oxygen atoms in total. The van der Waals surface area contributed by atoms with Gasteiger partial charge in [-0.3, -0.25) is 9.88 Å². The molecule has 0 N–H and O–H groups in total. The molecule has 3 aliphatic heterocycles. The Morgan fingerprint density at radius 1 is 1.19 bits per heavy atom. The van der Waals surface area contributed by atoms with Crippen LogP contribution >= 0.6 is 0 Å². The van der Waals surface area contributed by atoms with Crippen LogP contribution in [-0.2, 0) is 16.0 Å². The van der Waals surface area contributed by atoms with Gasteiger partial charge in [-0.05, 0) is 62.8 Å². The molecule has 0 aromatic carbocycles. The Bertz CT molecular complexity index is 554. The third kappa shape index (κ3) is 4.45. The lowest BCUT2D eigenvalue weighted by atomic mass is 9.86. The van der Waals surface area contributed by atoms with Crippen molar-refractivity contribution in [2.24, 2.45) is 5.92 Å². The Hall–Kier alpha value is -1.01. The van der Waals surface area contributed by atoms with Gasteiger partial charge in [-0.25, -0.2) is 0 Å². The van der Waals surface area contributed by atoms with Crippen molar-refractivity contribution in [1.82, 2.24) is 14.8 Å². The van der Waals surface area contributed by atoms with Crippen LogP contribution in [0.25, 0.3) is 0 Å². The second-order valence-corrected chi connectivity index (χ2v) is 8.48. The fourth-order valence-electron chi connectivity index (χ4n) is 4.79. The minimum Gasteiger partial charge on any atom is -0.381 e. The molecule has 144 valence electrons. The zero-order chi connectivity index (χ0) is 17.8. The normalized spacial score (nSPS) is 27.4. The molecule has 1 atom stereocenters. The molecular formula is C21H33N3O2. The van der Waals surface area contributed by atoms with E-state index in [0.29, 0.717) is 6.04 Å². The van der Waals surface area contributed by atoms with Gasteiger partial charge >= 0.3 is 0 Å². The molecule has 0 saturated carbocycles. The van der Waals surface area contributed by atoms with E-state index < -0.39 is 0 Å². The van der Waals surface area contributed by atoms with Crippen molar-refractivity contribution < 1.29 is 9.47 Å². The van der Waals surface area contributed by atoms with Crippen molar-refractivity contribution in [2.75, 3.05) is 46.5 Å². The molecule has 0 radical (unpaired) electrons. The summed E-state index contributed by atoms with van der Waals surface area (Å²) < 4.78 is 11.9. The van der Waals surface area contributed by atoms with Gasteiger partial charge in [0.1, 0.15) is 0 Å². The van der Waals surface area contributed by atoms with Crippen LogP contribution < -0.4 is 0 Å². The monoisotopic (exact) mass is 359 g/mol. The Labute approximate surface area is 157 Å². The van der Waals surface area contributed by atoms with Gasteiger partial charge in [-0.15, -0.1) is 0 Å². The van der Waals surface area contributed by atoms with Crippen LogP contribution in [0.3, 0.4) is 0 Å². The lowest BCUT2D eigenvalue weighted by Crippen LogP contribution is -2.46. The molecule has 0 bridgehead atoms. The van der Waals surface area contributed by atoms with Crippen molar-refractivity contribution in [3.8, 4) is 0 Å². The first kappa shape index (κ1) is 18.4. The summed E-state index contributed by atoms with van der Waals surface area (Å²) >= 11 is 0. The molecule has 4 heterocycles. The smallest absolute Gasteiger partial charge is 0.0723 e. The fourth-order valence-corrected chi connectivity index (χ4v) is 4.79. The average molecular weight is 360 g/mol. The summed E-state index contributed by atoms with van der Waals surface area (Å²) in [7, 11) is 2.23. The highest BCUT2D eigenvalue weighted by Crippen LogP contribution is 2.38. The van der Waals surface area contributed by atoms with E-state index in [1.54, 1.807) is 0 Å². The molecule has 1 unspecified atom stereocenters. The lowest BCUT2D eigenvalue weighted by Gasteiger charge is -2.40. The molecule has 3 saturated heterocycles. The van der Waals surface area contributed by atoms with Crippen LogP contribution in [0.4, 0.5) is 0 Å². The molecule has 1 aromatic heterocycles. The Morgan fingerprint density at radius 3 is 2.65 bits per heavy atom. The number of hydrogen-bond donors (Lipinski definition) is 0. The minimum atomic E-state index is 0.128. The maximum atomic E-state index is 6.39. The minimum absolute atomic E-state index is 0.128. The first-order chi connectivity index (χ1) is 12.7. The highest BCUT2D eigenvalue weighted by atomic mass is 16.5. The van der Waals surface area contributed by atoms with Crippen molar-refractivity contribution >= 4 is 0 Å². The maximum absolute atomic E-state index is 6.39. The van der Waals surface area contributed by atoms with Gasteiger partial charge in [0, 0.05) is 57.8 Å². The van der Waals surface area contributed by atoms with Gasteiger partial charge in [0.25, 0.3) is 0 Å². The van der Waals surface area contributed by atoms with E-state index in [1.807, 2.05) is 12.4 Å². The highest BCUT2D eigenvalue weighted by molar-refractivity contribution is 5.10. The topological polar surface area (TPSA) is 37.8 Å². The van der Waals surface area contributed by atoms with E-state index in [1.165, 1.54) is 57.3 Å². The number of aromatic nitrogens is 1. The number of pyridine rings is 1. The molecule has 0 amide bonds. The summed E-state index contributed by atoms with van der Waals surface area (Å²) in [5.74, 6) is 0.835. The second kappa shape index (κ2) is 8.34. The van der Waals surface area contributed by atoms with Gasteiger partial charge in [0.2, 0.25) is 0 Å². The van der Waals surface area contributed by atoms with Crippen LogP contribution in [-0.4, -0.2) is 72.9 Å². The van der Waals surface area contributed by atoms with Crippen molar-refractivity contribution in [1.29, 1.82) is 0 Å². The number of likely N-dealkylation sites (N-methyl/N-ethyl adjacent to an activating group) is 1. The van der Waals surface area contributed by atoms with Crippen LogP contribution in [0.5, 0.6) is 0 Å². The lowest BCUT2D eigenvalue weighted by molar-refractivity contribution is -0.0490. The number of ether oxygens (including phenoxy) is 2. The standard InChI is InChI=1S/C21H33N3O2/c1-23(15-18-2-8-22-9-3-18)20-14-21(26-17-20)6-10-24(11-7-21)16-19-4-12-25-13-5-19/h2-3,8-9,19-20H,4-7,10-17H2,1H3. The summed E-state index contributed by atoms with van der Waals surface area (Å²) in [4.78, 5) is 9.23. The predicted octanol–water partition coefficient (Wildman–Crippen LogP) is 2.56. The molecule has 1 spiro atoms. The first-order valence-electron chi connectivity index (χ1n) is 10.3. The Balaban J connectivity index is 1.24. The van der Waals surface area contributed by atoms with Gasteiger partial charge < -0.3 is 14.4 Å². The van der Waals surface area contributed by atoms with E-state index in [2.05, 4.69) is 34.0 Å². The number of rotatable bonds is 5. The quantitative estimate of drug-likeness (QED) is 0.808. The summed E-state index contributed by atoms with van der Waals surface area (Å²) in [5, 5.41) is 0.